The second kappa shape index (κ2) is 8.43. The molecule has 2 N–H and O–H groups in total. The minimum atomic E-state index is -0.403. The van der Waals surface area contributed by atoms with Crippen LogP contribution in [0.25, 0.3) is 6.08 Å². The van der Waals surface area contributed by atoms with E-state index in [-0.39, 0.29) is 11.7 Å². The zero-order valence-corrected chi connectivity index (χ0v) is 17.0. The highest BCUT2D eigenvalue weighted by molar-refractivity contribution is 6.32. The molecule has 1 aliphatic rings. The summed E-state index contributed by atoms with van der Waals surface area (Å²) in [6.07, 6.45) is 1.59. The van der Waals surface area contributed by atoms with Crippen LogP contribution in [0.2, 0.25) is 5.02 Å². The Kier molecular flexibility index (Phi) is 5.55. The first-order chi connectivity index (χ1) is 14.5. The van der Waals surface area contributed by atoms with Crippen LogP contribution in [0.4, 0.5) is 5.69 Å². The Morgan fingerprint density at radius 3 is 2.63 bits per heavy atom. The number of carbonyl (C=O) groups excluding carboxylic acids is 2. The minimum Gasteiger partial charge on any atom is -0.449 e. The predicted octanol–water partition coefficient (Wildman–Crippen LogP) is 4.95. The molecule has 1 heterocycles. The van der Waals surface area contributed by atoms with Gasteiger partial charge in [0.25, 0.3) is 11.8 Å². The Bertz CT molecular complexity index is 1150. The van der Waals surface area contributed by atoms with Crippen LogP contribution in [0.5, 0.6) is 5.75 Å². The summed E-state index contributed by atoms with van der Waals surface area (Å²) in [6, 6.07) is 20.1. The highest BCUT2D eigenvalue weighted by Crippen LogP contribution is 2.33. The number of ether oxygens (including phenoxy) is 1. The van der Waals surface area contributed by atoms with E-state index in [2.05, 4.69) is 10.6 Å². The van der Waals surface area contributed by atoms with Gasteiger partial charge in [0.05, 0.1) is 5.69 Å². The van der Waals surface area contributed by atoms with Crippen molar-refractivity contribution in [1.82, 2.24) is 5.32 Å². The molecule has 2 amide bonds. The van der Waals surface area contributed by atoms with Crippen LogP contribution in [-0.2, 0) is 11.3 Å². The maximum absolute atomic E-state index is 12.5. The van der Waals surface area contributed by atoms with E-state index >= 15 is 0 Å². The molecule has 3 aromatic carbocycles. The molecule has 0 saturated carbocycles. The van der Waals surface area contributed by atoms with E-state index in [1.165, 1.54) is 5.56 Å². The average molecular weight is 419 g/mol. The second-order valence-electron chi connectivity index (χ2n) is 6.97. The largest absolute Gasteiger partial charge is 0.449 e. The van der Waals surface area contributed by atoms with Crippen LogP contribution in [0, 0.1) is 6.92 Å². The lowest BCUT2D eigenvalue weighted by molar-refractivity contribution is -0.115. The van der Waals surface area contributed by atoms with Crippen LogP contribution >= 0.6 is 11.6 Å². The zero-order chi connectivity index (χ0) is 21.1. The van der Waals surface area contributed by atoms with E-state index in [0.717, 1.165) is 5.56 Å². The van der Waals surface area contributed by atoms with Crippen molar-refractivity contribution in [2.45, 2.75) is 13.5 Å². The number of benzene rings is 3. The average Bonchev–Trinajstić information content (AvgIpc) is 2.75. The summed E-state index contributed by atoms with van der Waals surface area (Å²) < 4.78 is 5.74. The first kappa shape index (κ1) is 19.7. The number of aryl methyl sites for hydroxylation is 1. The van der Waals surface area contributed by atoms with Gasteiger partial charge >= 0.3 is 0 Å². The standard InChI is InChI=1S/C24H19ClN2O3/c1-15-6-8-16(9-7-15)14-26-23(28)18-10-11-21-20(12-18)27-24(29)22(30-21)13-17-4-2-3-5-19(17)25/h2-13H,14H2,1H3,(H,26,28)(H,27,29). The predicted molar refractivity (Wildman–Crippen MR) is 117 cm³/mol. The Morgan fingerprint density at radius 2 is 1.87 bits per heavy atom. The van der Waals surface area contributed by atoms with Crippen molar-refractivity contribution in [3.63, 3.8) is 0 Å². The molecule has 0 aliphatic carbocycles. The van der Waals surface area contributed by atoms with Crippen molar-refractivity contribution in [3.8, 4) is 5.75 Å². The molecule has 0 bridgehead atoms. The van der Waals surface area contributed by atoms with Gasteiger partial charge in [-0.2, -0.15) is 0 Å². The van der Waals surface area contributed by atoms with Crippen molar-refractivity contribution in [1.29, 1.82) is 0 Å². The van der Waals surface area contributed by atoms with Crippen LogP contribution in [0.15, 0.2) is 72.5 Å². The topological polar surface area (TPSA) is 67.4 Å². The Labute approximate surface area is 179 Å². The molecule has 0 aromatic heterocycles. The van der Waals surface area contributed by atoms with Gasteiger partial charge in [-0.05, 0) is 48.4 Å². The van der Waals surface area contributed by atoms with E-state index in [4.69, 9.17) is 16.3 Å². The summed E-state index contributed by atoms with van der Waals surface area (Å²) in [4.78, 5) is 24.9. The summed E-state index contributed by atoms with van der Waals surface area (Å²) in [5.41, 5.74) is 3.74. The number of hydrogen-bond acceptors (Lipinski definition) is 3. The van der Waals surface area contributed by atoms with E-state index in [1.807, 2.05) is 43.3 Å². The fourth-order valence-corrected chi connectivity index (χ4v) is 3.22. The van der Waals surface area contributed by atoms with Gasteiger partial charge < -0.3 is 15.4 Å². The highest BCUT2D eigenvalue weighted by atomic mass is 35.5. The van der Waals surface area contributed by atoms with E-state index in [1.54, 1.807) is 36.4 Å². The van der Waals surface area contributed by atoms with Crippen molar-refractivity contribution in [3.05, 3.63) is 99.8 Å². The molecular formula is C24H19ClN2O3. The van der Waals surface area contributed by atoms with Crippen LogP contribution in [0.3, 0.4) is 0 Å². The number of rotatable bonds is 4. The fourth-order valence-electron chi connectivity index (χ4n) is 3.03. The fraction of sp³-hybridized carbons (Fsp3) is 0.0833. The molecule has 3 aromatic rings. The third-order valence-corrected chi connectivity index (χ3v) is 5.04. The maximum atomic E-state index is 12.5. The molecule has 30 heavy (non-hydrogen) atoms. The first-order valence-corrected chi connectivity index (χ1v) is 9.80. The third-order valence-electron chi connectivity index (χ3n) is 4.70. The molecule has 0 saturated heterocycles. The van der Waals surface area contributed by atoms with E-state index in [9.17, 15) is 9.59 Å². The van der Waals surface area contributed by atoms with Crippen LogP contribution < -0.4 is 15.4 Å². The Morgan fingerprint density at radius 1 is 1.10 bits per heavy atom. The van der Waals surface area contributed by atoms with E-state index in [0.29, 0.717) is 34.1 Å². The second-order valence-corrected chi connectivity index (χ2v) is 7.37. The number of fused-ring (bicyclic) bond motifs is 1. The molecule has 6 heteroatoms. The molecule has 0 radical (unpaired) electrons. The summed E-state index contributed by atoms with van der Waals surface area (Å²) in [5.74, 6) is -0.0418. The Hall–Kier alpha value is -3.57. The highest BCUT2D eigenvalue weighted by Gasteiger charge is 2.23. The number of carbonyl (C=O) groups is 2. The van der Waals surface area contributed by atoms with Crippen molar-refractivity contribution in [2.75, 3.05) is 5.32 Å². The zero-order valence-electron chi connectivity index (χ0n) is 16.2. The van der Waals surface area contributed by atoms with Gasteiger partial charge in [0.2, 0.25) is 0 Å². The lowest BCUT2D eigenvalue weighted by Crippen LogP contribution is -2.25. The number of halogens is 1. The van der Waals surface area contributed by atoms with E-state index < -0.39 is 5.91 Å². The number of anilines is 1. The summed E-state index contributed by atoms with van der Waals surface area (Å²) >= 11 is 6.15. The molecule has 5 nitrogen and oxygen atoms in total. The summed E-state index contributed by atoms with van der Waals surface area (Å²) in [7, 11) is 0. The molecule has 0 spiro atoms. The number of nitrogens with one attached hydrogen (secondary N) is 2. The molecule has 0 atom stereocenters. The third kappa shape index (κ3) is 4.36. The van der Waals surface area contributed by atoms with Gasteiger partial charge in [-0.25, -0.2) is 0 Å². The molecule has 0 fully saturated rings. The minimum absolute atomic E-state index is 0.132. The van der Waals surface area contributed by atoms with Crippen LogP contribution in [0.1, 0.15) is 27.0 Å². The Balaban J connectivity index is 1.49. The number of amides is 2. The summed E-state index contributed by atoms with van der Waals surface area (Å²) in [5, 5.41) is 6.17. The van der Waals surface area contributed by atoms with Crippen molar-refractivity contribution < 1.29 is 14.3 Å². The van der Waals surface area contributed by atoms with Gasteiger partial charge in [-0.1, -0.05) is 59.6 Å². The van der Waals surface area contributed by atoms with Gasteiger partial charge in [-0.3, -0.25) is 9.59 Å². The molecule has 150 valence electrons. The first-order valence-electron chi connectivity index (χ1n) is 9.43. The SMILES string of the molecule is Cc1ccc(CNC(=O)c2ccc3c(c2)NC(=O)C(=Cc2ccccc2Cl)O3)cc1. The maximum Gasteiger partial charge on any atom is 0.291 e. The molecular weight excluding hydrogens is 400 g/mol. The number of hydrogen-bond donors (Lipinski definition) is 2. The summed E-state index contributed by atoms with van der Waals surface area (Å²) in [6.45, 7) is 2.44. The van der Waals surface area contributed by atoms with Crippen molar-refractivity contribution in [2.24, 2.45) is 0 Å². The monoisotopic (exact) mass is 418 g/mol. The smallest absolute Gasteiger partial charge is 0.291 e. The van der Waals surface area contributed by atoms with Gasteiger partial charge in [0.15, 0.2) is 11.5 Å². The van der Waals surface area contributed by atoms with Gasteiger partial charge in [-0.15, -0.1) is 0 Å². The van der Waals surface area contributed by atoms with Crippen molar-refractivity contribution >= 4 is 35.2 Å². The molecule has 0 unspecified atom stereocenters. The normalized spacial score (nSPS) is 13.9. The van der Waals surface area contributed by atoms with Gasteiger partial charge in [0, 0.05) is 17.1 Å². The lowest BCUT2D eigenvalue weighted by atomic mass is 10.1. The van der Waals surface area contributed by atoms with Gasteiger partial charge in [0.1, 0.15) is 0 Å². The molecule has 1 aliphatic heterocycles. The lowest BCUT2D eigenvalue weighted by Gasteiger charge is -2.20. The quantitative estimate of drug-likeness (QED) is 0.589. The van der Waals surface area contributed by atoms with Crippen LogP contribution in [-0.4, -0.2) is 11.8 Å². The molecule has 4 rings (SSSR count).